The van der Waals surface area contributed by atoms with Crippen LogP contribution in [-0.2, 0) is 9.53 Å². The van der Waals surface area contributed by atoms with E-state index in [2.05, 4.69) is 10.3 Å². The van der Waals surface area contributed by atoms with Gasteiger partial charge in [0.15, 0.2) is 5.13 Å². The molecule has 1 atom stereocenters. The Kier molecular flexibility index (Phi) is 5.90. The van der Waals surface area contributed by atoms with Crippen LogP contribution >= 0.6 is 22.9 Å². The smallest absolute Gasteiger partial charge is 0.275 e. The predicted octanol–water partition coefficient (Wildman–Crippen LogP) is 3.89. The van der Waals surface area contributed by atoms with Gasteiger partial charge in [0.05, 0.1) is 12.6 Å². The van der Waals surface area contributed by atoms with E-state index in [-0.39, 0.29) is 17.9 Å². The van der Waals surface area contributed by atoms with Crippen molar-refractivity contribution in [2.75, 3.05) is 23.4 Å². The number of nitrogens with one attached hydrogen (secondary N) is 1. The molecule has 0 radical (unpaired) electrons. The number of aromatic nitrogens is 1. The number of carbonyl (C=O) groups excluding carboxylic acids is 2. The molecule has 1 N–H and O–H groups in total. The maximum absolute atomic E-state index is 12.5. The fraction of sp³-hybridized carbons (Fsp3) is 0.389. The van der Waals surface area contributed by atoms with Gasteiger partial charge in [0.2, 0.25) is 5.91 Å². The van der Waals surface area contributed by atoms with Crippen LogP contribution in [0.3, 0.4) is 0 Å². The second kappa shape index (κ2) is 8.16. The zero-order valence-electron chi connectivity index (χ0n) is 14.6. The predicted molar refractivity (Wildman–Crippen MR) is 103 cm³/mol. The number of thiazole rings is 1. The highest BCUT2D eigenvalue weighted by Crippen LogP contribution is 2.28. The number of benzene rings is 1. The summed E-state index contributed by atoms with van der Waals surface area (Å²) in [6.45, 7) is 4.50. The minimum Gasteiger partial charge on any atom is -0.376 e. The molecule has 0 saturated carbocycles. The Balaban J connectivity index is 1.76. The van der Waals surface area contributed by atoms with Crippen LogP contribution in [0.2, 0.25) is 5.02 Å². The van der Waals surface area contributed by atoms with E-state index in [9.17, 15) is 9.59 Å². The van der Waals surface area contributed by atoms with Crippen LogP contribution in [-0.4, -0.2) is 36.1 Å². The molecule has 1 aliphatic heterocycles. The molecule has 1 fully saturated rings. The van der Waals surface area contributed by atoms with Crippen molar-refractivity contribution in [3.63, 3.8) is 0 Å². The van der Waals surface area contributed by atoms with Crippen molar-refractivity contribution in [2.24, 2.45) is 0 Å². The van der Waals surface area contributed by atoms with E-state index in [1.807, 2.05) is 6.92 Å². The van der Waals surface area contributed by atoms with Crippen LogP contribution in [0.5, 0.6) is 0 Å². The Hall–Kier alpha value is -1.96. The third-order valence-electron chi connectivity index (χ3n) is 4.12. The number of ether oxygens (including phenoxy) is 1. The van der Waals surface area contributed by atoms with Crippen LogP contribution in [0, 0.1) is 6.92 Å². The van der Waals surface area contributed by atoms with Gasteiger partial charge >= 0.3 is 0 Å². The molecule has 0 aliphatic carbocycles. The maximum Gasteiger partial charge on any atom is 0.275 e. The topological polar surface area (TPSA) is 71.5 Å². The second-order valence-electron chi connectivity index (χ2n) is 6.13. The number of rotatable bonds is 5. The molecular weight excluding hydrogens is 374 g/mol. The Bertz CT molecular complexity index is 801. The molecule has 6 nitrogen and oxygen atoms in total. The summed E-state index contributed by atoms with van der Waals surface area (Å²) in [5, 5.41) is 3.92. The fourth-order valence-electron chi connectivity index (χ4n) is 2.77. The van der Waals surface area contributed by atoms with Gasteiger partial charge in [-0.25, -0.2) is 4.98 Å². The first-order valence-electron chi connectivity index (χ1n) is 8.38. The standard InChI is InChI=1S/C18H20ClN3O3S/c1-11-16(17(24)20-14-7-5-13(19)6-8-14)21-18(26-11)22(12(2)23)10-15-4-3-9-25-15/h5-8,15H,3-4,9-10H2,1-2H3,(H,20,24). The third-order valence-corrected chi connectivity index (χ3v) is 5.37. The van der Waals surface area contributed by atoms with E-state index in [0.717, 1.165) is 24.3 Å². The zero-order chi connectivity index (χ0) is 18.7. The van der Waals surface area contributed by atoms with E-state index in [1.54, 1.807) is 29.2 Å². The fourth-order valence-corrected chi connectivity index (χ4v) is 3.85. The Labute approximate surface area is 161 Å². The summed E-state index contributed by atoms with van der Waals surface area (Å²) in [6, 6.07) is 6.86. The summed E-state index contributed by atoms with van der Waals surface area (Å²) < 4.78 is 5.62. The second-order valence-corrected chi connectivity index (χ2v) is 7.74. The van der Waals surface area contributed by atoms with Crippen LogP contribution < -0.4 is 10.2 Å². The van der Waals surface area contributed by atoms with Crippen LogP contribution in [0.25, 0.3) is 0 Å². The van der Waals surface area contributed by atoms with Gasteiger partial charge in [0, 0.05) is 29.1 Å². The third kappa shape index (κ3) is 4.41. The van der Waals surface area contributed by atoms with Crippen molar-refractivity contribution in [2.45, 2.75) is 32.8 Å². The van der Waals surface area contributed by atoms with Gasteiger partial charge in [0.25, 0.3) is 5.91 Å². The minimum atomic E-state index is -0.312. The van der Waals surface area contributed by atoms with Gasteiger partial charge in [-0.1, -0.05) is 11.6 Å². The number of hydrogen-bond donors (Lipinski definition) is 1. The van der Waals surface area contributed by atoms with E-state index in [1.165, 1.54) is 18.3 Å². The number of hydrogen-bond acceptors (Lipinski definition) is 5. The molecule has 8 heteroatoms. The summed E-state index contributed by atoms with van der Waals surface area (Å²) in [6.07, 6.45) is 1.95. The van der Waals surface area contributed by atoms with Gasteiger partial charge in [-0.2, -0.15) is 0 Å². The Morgan fingerprint density at radius 2 is 2.12 bits per heavy atom. The van der Waals surface area contributed by atoms with Crippen molar-refractivity contribution in [1.29, 1.82) is 0 Å². The van der Waals surface area contributed by atoms with Crippen molar-refractivity contribution >= 4 is 45.6 Å². The first-order valence-corrected chi connectivity index (χ1v) is 9.57. The average Bonchev–Trinajstić information content (AvgIpc) is 3.24. The molecule has 1 aromatic carbocycles. The van der Waals surface area contributed by atoms with Crippen molar-refractivity contribution in [1.82, 2.24) is 4.98 Å². The van der Waals surface area contributed by atoms with Gasteiger partial charge in [0.1, 0.15) is 5.69 Å². The number of aryl methyl sites for hydroxylation is 1. The minimum absolute atomic E-state index is 0.0226. The van der Waals surface area contributed by atoms with Crippen molar-refractivity contribution in [3.05, 3.63) is 39.9 Å². The summed E-state index contributed by atoms with van der Waals surface area (Å²) in [5.41, 5.74) is 0.953. The van der Waals surface area contributed by atoms with Gasteiger partial charge < -0.3 is 10.1 Å². The molecular formula is C18H20ClN3O3S. The molecule has 1 aliphatic rings. The molecule has 1 unspecified atom stereocenters. The molecule has 26 heavy (non-hydrogen) atoms. The van der Waals surface area contributed by atoms with E-state index >= 15 is 0 Å². The van der Waals surface area contributed by atoms with Crippen LogP contribution in [0.4, 0.5) is 10.8 Å². The highest BCUT2D eigenvalue weighted by Gasteiger charge is 2.26. The summed E-state index contributed by atoms with van der Waals surface area (Å²) in [5.74, 6) is -0.424. The largest absolute Gasteiger partial charge is 0.376 e. The van der Waals surface area contributed by atoms with E-state index < -0.39 is 0 Å². The first-order chi connectivity index (χ1) is 12.4. The number of halogens is 1. The SMILES string of the molecule is CC(=O)N(CC1CCCO1)c1nc(C(=O)Nc2ccc(Cl)cc2)c(C)s1. The normalized spacial score (nSPS) is 16.5. The lowest BCUT2D eigenvalue weighted by Crippen LogP contribution is -2.35. The maximum atomic E-state index is 12.5. The summed E-state index contributed by atoms with van der Waals surface area (Å²) in [4.78, 5) is 31.4. The molecule has 2 amide bonds. The van der Waals surface area contributed by atoms with Gasteiger partial charge in [-0.3, -0.25) is 14.5 Å². The lowest BCUT2D eigenvalue weighted by Gasteiger charge is -2.21. The number of carbonyl (C=O) groups is 2. The van der Waals surface area contributed by atoms with Crippen LogP contribution in [0.15, 0.2) is 24.3 Å². The molecule has 1 aromatic heterocycles. The van der Waals surface area contributed by atoms with Crippen molar-refractivity contribution in [3.8, 4) is 0 Å². The van der Waals surface area contributed by atoms with E-state index in [0.29, 0.717) is 28.1 Å². The monoisotopic (exact) mass is 393 g/mol. The Morgan fingerprint density at radius 1 is 1.38 bits per heavy atom. The van der Waals surface area contributed by atoms with Gasteiger partial charge in [-0.05, 0) is 44.0 Å². The summed E-state index contributed by atoms with van der Waals surface area (Å²) in [7, 11) is 0. The number of amides is 2. The van der Waals surface area contributed by atoms with Crippen molar-refractivity contribution < 1.29 is 14.3 Å². The lowest BCUT2D eigenvalue weighted by atomic mass is 10.2. The molecule has 0 spiro atoms. The molecule has 1 saturated heterocycles. The molecule has 2 heterocycles. The molecule has 138 valence electrons. The summed E-state index contributed by atoms with van der Waals surface area (Å²) >= 11 is 7.19. The molecule has 3 rings (SSSR count). The molecule has 2 aromatic rings. The average molecular weight is 394 g/mol. The quantitative estimate of drug-likeness (QED) is 0.836. The van der Waals surface area contributed by atoms with Gasteiger partial charge in [-0.15, -0.1) is 11.3 Å². The zero-order valence-corrected chi connectivity index (χ0v) is 16.2. The lowest BCUT2D eigenvalue weighted by molar-refractivity contribution is -0.116. The van der Waals surface area contributed by atoms with E-state index in [4.69, 9.17) is 16.3 Å². The molecule has 0 bridgehead atoms. The highest BCUT2D eigenvalue weighted by molar-refractivity contribution is 7.16. The highest BCUT2D eigenvalue weighted by atomic mass is 35.5. The van der Waals surface area contributed by atoms with Crippen LogP contribution in [0.1, 0.15) is 35.1 Å². The number of nitrogens with zero attached hydrogens (tertiary/aromatic N) is 2. The first kappa shape index (κ1) is 18.8. The Morgan fingerprint density at radius 3 is 2.73 bits per heavy atom. The number of anilines is 2.